The van der Waals surface area contributed by atoms with Gasteiger partial charge in [0.2, 0.25) is 0 Å². The first kappa shape index (κ1) is 12.5. The molecule has 0 saturated carbocycles. The number of carboxylic acids is 1. The quantitative estimate of drug-likeness (QED) is 0.568. The summed E-state index contributed by atoms with van der Waals surface area (Å²) in [6.45, 7) is 7.20. The maximum Gasteiger partial charge on any atom is 0.326 e. The smallest absolute Gasteiger partial charge is 0.326 e. The van der Waals surface area contributed by atoms with Gasteiger partial charge in [0.15, 0.2) is 0 Å². The molecule has 0 aliphatic rings. The predicted molar refractivity (Wildman–Crippen MR) is 53.0 cm³/mol. The van der Waals surface area contributed by atoms with Gasteiger partial charge in [-0.25, -0.2) is 9.59 Å². The Morgan fingerprint density at radius 3 is 2.43 bits per heavy atom. The fourth-order valence-corrected chi connectivity index (χ4v) is 0.871. The third-order valence-electron chi connectivity index (χ3n) is 1.63. The molecule has 0 aliphatic heterocycles. The van der Waals surface area contributed by atoms with Crippen molar-refractivity contribution in [3.8, 4) is 0 Å². The Kier molecular flexibility index (Phi) is 5.36. The maximum absolute atomic E-state index is 11.1. The van der Waals surface area contributed by atoms with Crippen LogP contribution in [0.25, 0.3) is 0 Å². The molecule has 0 unspecified atom stereocenters. The number of carboxylic acid groups (broad SMARTS) is 1. The third kappa shape index (κ3) is 4.49. The van der Waals surface area contributed by atoms with E-state index < -0.39 is 18.0 Å². The average Bonchev–Trinajstić information content (AvgIpc) is 2.09. The van der Waals surface area contributed by atoms with Crippen LogP contribution in [0.15, 0.2) is 12.7 Å². The van der Waals surface area contributed by atoms with Crippen molar-refractivity contribution in [3.63, 3.8) is 0 Å². The summed E-state index contributed by atoms with van der Waals surface area (Å²) in [4.78, 5) is 21.8. The van der Waals surface area contributed by atoms with Gasteiger partial charge in [0.1, 0.15) is 6.04 Å². The molecule has 0 bridgehead atoms. The summed E-state index contributed by atoms with van der Waals surface area (Å²) in [6, 6.07) is -1.36. The highest BCUT2D eigenvalue weighted by atomic mass is 16.4. The third-order valence-corrected chi connectivity index (χ3v) is 1.63. The highest BCUT2D eigenvalue weighted by molar-refractivity contribution is 5.82. The van der Waals surface area contributed by atoms with Crippen LogP contribution in [0, 0.1) is 5.92 Å². The van der Waals surface area contributed by atoms with E-state index in [2.05, 4.69) is 17.2 Å². The Bertz CT molecular complexity index is 226. The molecule has 0 aliphatic carbocycles. The van der Waals surface area contributed by atoms with Gasteiger partial charge in [-0.2, -0.15) is 0 Å². The first-order valence-electron chi connectivity index (χ1n) is 4.37. The number of amides is 2. The van der Waals surface area contributed by atoms with E-state index in [1.165, 1.54) is 6.08 Å². The monoisotopic (exact) mass is 200 g/mol. The Balaban J connectivity index is 4.09. The van der Waals surface area contributed by atoms with Crippen LogP contribution < -0.4 is 10.6 Å². The lowest BCUT2D eigenvalue weighted by atomic mass is 10.1. The Morgan fingerprint density at radius 2 is 2.07 bits per heavy atom. The molecule has 0 spiro atoms. The van der Waals surface area contributed by atoms with Crippen molar-refractivity contribution in [1.29, 1.82) is 0 Å². The van der Waals surface area contributed by atoms with Crippen molar-refractivity contribution in [2.75, 3.05) is 6.54 Å². The standard InChI is InChI=1S/C9H16N2O3/c1-4-5-10-9(14)11-7(6(2)3)8(12)13/h4,6-7H,1,5H2,2-3H3,(H,12,13)(H2,10,11,14)/t7-/m1/s1. The molecule has 0 rings (SSSR count). The minimum atomic E-state index is -1.03. The number of rotatable bonds is 5. The molecule has 0 radical (unpaired) electrons. The maximum atomic E-state index is 11.1. The second kappa shape index (κ2) is 6.01. The van der Waals surface area contributed by atoms with Crippen LogP contribution in [-0.4, -0.2) is 29.7 Å². The van der Waals surface area contributed by atoms with E-state index in [-0.39, 0.29) is 5.92 Å². The number of carbonyl (C=O) groups excluding carboxylic acids is 1. The van der Waals surface area contributed by atoms with Gasteiger partial charge in [0.05, 0.1) is 0 Å². The second-order valence-electron chi connectivity index (χ2n) is 3.20. The molecule has 0 saturated heterocycles. The highest BCUT2D eigenvalue weighted by Crippen LogP contribution is 2.00. The van der Waals surface area contributed by atoms with Crippen molar-refractivity contribution in [1.82, 2.24) is 10.6 Å². The average molecular weight is 200 g/mol. The predicted octanol–water partition coefficient (Wildman–Crippen LogP) is 0.581. The van der Waals surface area contributed by atoms with Gasteiger partial charge >= 0.3 is 12.0 Å². The SMILES string of the molecule is C=CCNC(=O)N[C@@H](C(=O)O)C(C)C. The van der Waals surface area contributed by atoms with E-state index in [1.807, 2.05) is 0 Å². The minimum Gasteiger partial charge on any atom is -0.480 e. The number of hydrogen-bond acceptors (Lipinski definition) is 2. The summed E-state index contributed by atoms with van der Waals surface area (Å²) in [7, 11) is 0. The van der Waals surface area contributed by atoms with Crippen LogP contribution >= 0.6 is 0 Å². The lowest BCUT2D eigenvalue weighted by molar-refractivity contribution is -0.140. The molecular formula is C9H16N2O3. The first-order valence-corrected chi connectivity index (χ1v) is 4.37. The summed E-state index contributed by atoms with van der Waals surface area (Å²) in [5.74, 6) is -1.18. The summed E-state index contributed by atoms with van der Waals surface area (Å²) < 4.78 is 0. The molecule has 5 nitrogen and oxygen atoms in total. The van der Waals surface area contributed by atoms with Crippen LogP contribution in [0.5, 0.6) is 0 Å². The van der Waals surface area contributed by atoms with Crippen molar-refractivity contribution in [2.24, 2.45) is 5.92 Å². The topological polar surface area (TPSA) is 78.4 Å². The number of urea groups is 1. The Morgan fingerprint density at radius 1 is 1.50 bits per heavy atom. The fraction of sp³-hybridized carbons (Fsp3) is 0.556. The zero-order chi connectivity index (χ0) is 11.1. The molecule has 2 amide bonds. The van der Waals surface area contributed by atoms with E-state index in [9.17, 15) is 9.59 Å². The van der Waals surface area contributed by atoms with Crippen molar-refractivity contribution < 1.29 is 14.7 Å². The summed E-state index contributed by atoms with van der Waals surface area (Å²) in [5.41, 5.74) is 0. The van der Waals surface area contributed by atoms with Gasteiger partial charge in [-0.05, 0) is 5.92 Å². The van der Waals surface area contributed by atoms with Crippen molar-refractivity contribution in [3.05, 3.63) is 12.7 Å². The fourth-order valence-electron chi connectivity index (χ4n) is 0.871. The molecule has 14 heavy (non-hydrogen) atoms. The van der Waals surface area contributed by atoms with Crippen molar-refractivity contribution in [2.45, 2.75) is 19.9 Å². The van der Waals surface area contributed by atoms with E-state index in [1.54, 1.807) is 13.8 Å². The zero-order valence-electron chi connectivity index (χ0n) is 8.41. The zero-order valence-corrected chi connectivity index (χ0v) is 8.41. The van der Waals surface area contributed by atoms with Gasteiger partial charge in [-0.3, -0.25) is 0 Å². The molecule has 0 aromatic carbocycles. The van der Waals surface area contributed by atoms with Gasteiger partial charge in [-0.15, -0.1) is 6.58 Å². The van der Waals surface area contributed by atoms with Gasteiger partial charge < -0.3 is 15.7 Å². The largest absolute Gasteiger partial charge is 0.480 e. The Labute approximate surface area is 83.2 Å². The Hall–Kier alpha value is -1.52. The van der Waals surface area contributed by atoms with E-state index >= 15 is 0 Å². The van der Waals surface area contributed by atoms with E-state index in [4.69, 9.17) is 5.11 Å². The summed E-state index contributed by atoms with van der Waals surface area (Å²) >= 11 is 0. The number of carbonyl (C=O) groups is 2. The van der Waals surface area contributed by atoms with Gasteiger partial charge in [0, 0.05) is 6.54 Å². The molecule has 1 atom stereocenters. The van der Waals surface area contributed by atoms with Crippen LogP contribution in [-0.2, 0) is 4.79 Å². The van der Waals surface area contributed by atoms with Crippen LogP contribution in [0.2, 0.25) is 0 Å². The normalized spacial score (nSPS) is 11.9. The molecule has 0 heterocycles. The molecule has 80 valence electrons. The number of aliphatic carboxylic acids is 1. The highest BCUT2D eigenvalue weighted by Gasteiger charge is 2.22. The minimum absolute atomic E-state index is 0.151. The van der Waals surface area contributed by atoms with Crippen molar-refractivity contribution >= 4 is 12.0 Å². The van der Waals surface area contributed by atoms with E-state index in [0.717, 1.165) is 0 Å². The summed E-state index contributed by atoms with van der Waals surface area (Å²) in [5, 5.41) is 13.5. The molecule has 0 fully saturated rings. The van der Waals surface area contributed by atoms with Crippen LogP contribution in [0.4, 0.5) is 4.79 Å². The van der Waals surface area contributed by atoms with Gasteiger partial charge in [0.25, 0.3) is 0 Å². The molecule has 5 heteroatoms. The molecule has 3 N–H and O–H groups in total. The van der Waals surface area contributed by atoms with Crippen LogP contribution in [0.1, 0.15) is 13.8 Å². The molecule has 0 aromatic rings. The lowest BCUT2D eigenvalue weighted by Crippen LogP contribution is -2.48. The lowest BCUT2D eigenvalue weighted by Gasteiger charge is -2.17. The first-order chi connectivity index (χ1) is 6.49. The molecular weight excluding hydrogens is 184 g/mol. The second-order valence-corrected chi connectivity index (χ2v) is 3.20. The van der Waals surface area contributed by atoms with E-state index in [0.29, 0.717) is 6.54 Å². The molecule has 0 aromatic heterocycles. The number of nitrogens with one attached hydrogen (secondary N) is 2. The summed E-state index contributed by atoms with van der Waals surface area (Å²) in [6.07, 6.45) is 1.52. The van der Waals surface area contributed by atoms with Crippen LogP contribution in [0.3, 0.4) is 0 Å². The van der Waals surface area contributed by atoms with Gasteiger partial charge in [-0.1, -0.05) is 19.9 Å². The number of hydrogen-bond donors (Lipinski definition) is 3.